The highest BCUT2D eigenvalue weighted by atomic mass is 33.1. The summed E-state index contributed by atoms with van der Waals surface area (Å²) >= 11 is 0. The predicted octanol–water partition coefficient (Wildman–Crippen LogP) is 4.25. The van der Waals surface area contributed by atoms with E-state index in [0.29, 0.717) is 18.9 Å². The molecule has 0 radical (unpaired) electrons. The number of nitrogen functional groups attached to an aromatic ring is 1. The highest BCUT2D eigenvalue weighted by molar-refractivity contribution is 8.77. The quantitative estimate of drug-likeness (QED) is 0.217. The van der Waals surface area contributed by atoms with Gasteiger partial charge < -0.3 is 25.3 Å². The standard InChI is InChI=1S/C23H36N4O5S2/c1-16-18(13-20(31-16)27-12-11-19(24)26-21(27)28)30-15-33-34-23(2,3)14-25-22(29)32-17-9-7-5-4-6-8-10-17/h4-5,11-12,16-18,20H,6-10,13-15H2,1-3H3,(H,25,29)(H2,24,26,28)/b5-4+/t16-,17?,18?,20-/m1/s1. The van der Waals surface area contributed by atoms with Crippen LogP contribution in [-0.4, -0.2) is 51.2 Å². The molecule has 1 amide bonds. The van der Waals surface area contributed by atoms with Crippen molar-refractivity contribution in [2.45, 2.75) is 88.6 Å². The molecule has 11 heteroatoms. The van der Waals surface area contributed by atoms with Gasteiger partial charge in [0.25, 0.3) is 0 Å². The lowest BCUT2D eigenvalue weighted by Gasteiger charge is -2.25. The summed E-state index contributed by atoms with van der Waals surface area (Å²) in [5, 5.41) is 2.91. The number of nitrogens with two attached hydrogens (primary N) is 1. The van der Waals surface area contributed by atoms with Crippen LogP contribution in [0, 0.1) is 0 Å². The van der Waals surface area contributed by atoms with Crippen molar-refractivity contribution in [2.75, 3.05) is 18.2 Å². The fourth-order valence-electron chi connectivity index (χ4n) is 3.86. The number of anilines is 1. The highest BCUT2D eigenvalue weighted by Gasteiger charge is 2.35. The minimum atomic E-state index is -0.429. The zero-order valence-electron chi connectivity index (χ0n) is 20.1. The molecule has 0 saturated carbocycles. The Hall–Kier alpha value is -1.69. The summed E-state index contributed by atoms with van der Waals surface area (Å²) in [4.78, 5) is 28.1. The number of nitrogens with zero attached hydrogens (tertiary/aromatic N) is 2. The Morgan fingerprint density at radius 2 is 2.15 bits per heavy atom. The molecule has 2 unspecified atom stereocenters. The summed E-state index contributed by atoms with van der Waals surface area (Å²) in [5.41, 5.74) is 5.13. The lowest BCUT2D eigenvalue weighted by molar-refractivity contribution is -0.0207. The Balaban J connectivity index is 1.34. The van der Waals surface area contributed by atoms with Gasteiger partial charge in [0.1, 0.15) is 24.1 Å². The molecular weight excluding hydrogens is 476 g/mol. The second-order valence-corrected chi connectivity index (χ2v) is 12.2. The van der Waals surface area contributed by atoms with Crippen LogP contribution in [0.25, 0.3) is 0 Å². The van der Waals surface area contributed by atoms with Gasteiger partial charge in [0, 0.05) is 23.9 Å². The molecule has 3 N–H and O–H groups in total. The number of aromatic nitrogens is 2. The maximum atomic E-state index is 12.2. The van der Waals surface area contributed by atoms with E-state index in [9.17, 15) is 9.59 Å². The lowest BCUT2D eigenvalue weighted by Crippen LogP contribution is -2.37. The van der Waals surface area contributed by atoms with Crippen LogP contribution in [0.5, 0.6) is 0 Å². The number of nitrogens with one attached hydrogen (secondary N) is 1. The van der Waals surface area contributed by atoms with Crippen LogP contribution < -0.4 is 16.7 Å². The molecule has 2 heterocycles. The highest BCUT2D eigenvalue weighted by Crippen LogP contribution is 2.37. The SMILES string of the molecule is C[C@H]1O[C@@H](n2ccc(N)nc2=O)CC1OCSSC(C)(C)CNC(=O)OC1CC/C=C/CCC1. The van der Waals surface area contributed by atoms with Gasteiger partial charge in [-0.2, -0.15) is 4.98 Å². The number of allylic oxidation sites excluding steroid dienone is 2. The van der Waals surface area contributed by atoms with Gasteiger partial charge in [0.05, 0.1) is 12.2 Å². The van der Waals surface area contributed by atoms with E-state index in [1.165, 1.54) is 4.57 Å². The van der Waals surface area contributed by atoms with E-state index < -0.39 is 11.9 Å². The summed E-state index contributed by atoms with van der Waals surface area (Å²) in [7, 11) is 3.24. The molecular formula is C23H36N4O5S2. The number of carbonyl (C=O) groups excluding carboxylic acids is 1. The van der Waals surface area contributed by atoms with Crippen molar-refractivity contribution in [3.05, 3.63) is 34.9 Å². The summed E-state index contributed by atoms with van der Waals surface area (Å²) in [5.74, 6) is 0.657. The van der Waals surface area contributed by atoms with Gasteiger partial charge in [0.2, 0.25) is 0 Å². The predicted molar refractivity (Wildman–Crippen MR) is 137 cm³/mol. The normalized spacial score (nSPS) is 26.4. The van der Waals surface area contributed by atoms with Crippen molar-refractivity contribution in [1.29, 1.82) is 0 Å². The summed E-state index contributed by atoms with van der Waals surface area (Å²) in [6.07, 6.45) is 10.3. The van der Waals surface area contributed by atoms with E-state index in [4.69, 9.17) is 19.9 Å². The average Bonchev–Trinajstić information content (AvgIpc) is 3.12. The fourth-order valence-corrected chi connectivity index (χ4v) is 6.03. The van der Waals surface area contributed by atoms with Gasteiger partial charge in [-0.15, -0.1) is 0 Å². The number of hydrogen-bond donors (Lipinski definition) is 2. The third-order valence-corrected chi connectivity index (χ3v) is 8.70. The molecule has 1 aromatic rings. The molecule has 1 aliphatic heterocycles. The third kappa shape index (κ3) is 8.51. The number of ether oxygens (including phenoxy) is 3. The molecule has 3 rings (SSSR count). The Morgan fingerprint density at radius 1 is 1.35 bits per heavy atom. The van der Waals surface area contributed by atoms with Gasteiger partial charge in [-0.3, -0.25) is 4.57 Å². The number of hydrogen-bond acceptors (Lipinski definition) is 9. The molecule has 1 aromatic heterocycles. The molecule has 1 fully saturated rings. The number of amides is 1. The monoisotopic (exact) mass is 512 g/mol. The Bertz CT molecular complexity index is 894. The first-order valence-corrected chi connectivity index (χ1v) is 14.1. The van der Waals surface area contributed by atoms with E-state index >= 15 is 0 Å². The molecule has 1 aliphatic carbocycles. The Kier molecular flexibility index (Phi) is 10.2. The fraction of sp³-hybridized carbons (Fsp3) is 0.696. The van der Waals surface area contributed by atoms with Crippen molar-refractivity contribution < 1.29 is 19.0 Å². The Morgan fingerprint density at radius 3 is 2.94 bits per heavy atom. The third-order valence-electron chi connectivity index (χ3n) is 5.76. The zero-order chi connectivity index (χ0) is 24.6. The van der Waals surface area contributed by atoms with Crippen molar-refractivity contribution in [3.8, 4) is 0 Å². The lowest BCUT2D eigenvalue weighted by atomic mass is 10.0. The van der Waals surface area contributed by atoms with Crippen molar-refractivity contribution in [3.63, 3.8) is 0 Å². The maximum Gasteiger partial charge on any atom is 0.407 e. The zero-order valence-corrected chi connectivity index (χ0v) is 21.7. The second kappa shape index (κ2) is 12.9. The summed E-state index contributed by atoms with van der Waals surface area (Å²) in [6.45, 7) is 6.57. The van der Waals surface area contributed by atoms with Gasteiger partial charge >= 0.3 is 11.8 Å². The first-order chi connectivity index (χ1) is 16.2. The minimum absolute atomic E-state index is 0.0113. The van der Waals surface area contributed by atoms with E-state index in [1.807, 2.05) is 6.92 Å². The molecule has 34 heavy (non-hydrogen) atoms. The molecule has 1 saturated heterocycles. The molecule has 0 spiro atoms. The number of alkyl carbamates (subject to hydrolysis) is 1. The topological polar surface area (TPSA) is 118 Å². The first kappa shape index (κ1) is 26.9. The second-order valence-electron chi connectivity index (χ2n) is 9.22. The van der Waals surface area contributed by atoms with Crippen molar-refractivity contribution >= 4 is 33.5 Å². The van der Waals surface area contributed by atoms with E-state index in [0.717, 1.165) is 32.1 Å². The van der Waals surface area contributed by atoms with E-state index in [-0.39, 0.29) is 35.0 Å². The minimum Gasteiger partial charge on any atom is -0.446 e. The van der Waals surface area contributed by atoms with Crippen LogP contribution in [0.15, 0.2) is 29.2 Å². The summed E-state index contributed by atoms with van der Waals surface area (Å²) in [6, 6.07) is 1.58. The smallest absolute Gasteiger partial charge is 0.407 e. The van der Waals surface area contributed by atoms with Gasteiger partial charge in [-0.25, -0.2) is 9.59 Å². The largest absolute Gasteiger partial charge is 0.446 e. The Labute approximate surface area is 209 Å². The van der Waals surface area contributed by atoms with Crippen LogP contribution in [0.4, 0.5) is 10.6 Å². The first-order valence-electron chi connectivity index (χ1n) is 11.8. The molecule has 4 atom stereocenters. The van der Waals surface area contributed by atoms with Crippen LogP contribution >= 0.6 is 21.6 Å². The molecule has 9 nitrogen and oxygen atoms in total. The average molecular weight is 513 g/mol. The van der Waals surface area contributed by atoms with Crippen LogP contribution in [0.3, 0.4) is 0 Å². The molecule has 0 bridgehead atoms. The summed E-state index contributed by atoms with van der Waals surface area (Å²) < 4.78 is 18.8. The molecule has 190 valence electrons. The van der Waals surface area contributed by atoms with E-state index in [1.54, 1.807) is 33.9 Å². The van der Waals surface area contributed by atoms with Crippen molar-refractivity contribution in [1.82, 2.24) is 14.9 Å². The number of carbonyl (C=O) groups is 1. The van der Waals surface area contributed by atoms with Crippen LogP contribution in [-0.2, 0) is 14.2 Å². The molecule has 2 aliphatic rings. The van der Waals surface area contributed by atoms with Gasteiger partial charge in [-0.1, -0.05) is 33.7 Å². The van der Waals surface area contributed by atoms with Gasteiger partial charge in [0.15, 0.2) is 0 Å². The number of rotatable bonds is 9. The van der Waals surface area contributed by atoms with Gasteiger partial charge in [-0.05, 0) is 58.9 Å². The maximum absolute atomic E-state index is 12.2. The molecule has 0 aromatic carbocycles. The van der Waals surface area contributed by atoms with Crippen LogP contribution in [0.2, 0.25) is 0 Å². The van der Waals surface area contributed by atoms with Crippen molar-refractivity contribution in [2.24, 2.45) is 0 Å². The van der Waals surface area contributed by atoms with E-state index in [2.05, 4.69) is 36.3 Å². The van der Waals surface area contributed by atoms with Crippen LogP contribution in [0.1, 0.15) is 65.5 Å².